The molecule has 0 aliphatic carbocycles. The van der Waals surface area contributed by atoms with E-state index in [0.29, 0.717) is 17.0 Å². The molecule has 0 fully saturated rings. The first kappa shape index (κ1) is 9.65. The molecular weight excluding hydrogens is 218 g/mol. The molecule has 5 heteroatoms. The van der Waals surface area contributed by atoms with Gasteiger partial charge in [0.15, 0.2) is 16.9 Å². The number of hydrogen-bond donors (Lipinski definition) is 2. The number of benzene rings is 1. The van der Waals surface area contributed by atoms with Gasteiger partial charge >= 0.3 is 0 Å². The van der Waals surface area contributed by atoms with E-state index in [9.17, 15) is 9.90 Å². The summed E-state index contributed by atoms with van der Waals surface area (Å²) in [6.45, 7) is 0. The monoisotopic (exact) mass is 227 g/mol. The highest BCUT2D eigenvalue weighted by molar-refractivity contribution is 5.65. The van der Waals surface area contributed by atoms with Crippen LogP contribution >= 0.6 is 0 Å². The number of nitrogens with one attached hydrogen (secondary N) is 1. The van der Waals surface area contributed by atoms with Gasteiger partial charge in [-0.25, -0.2) is 9.50 Å². The Bertz CT molecular complexity index is 743. The molecule has 84 valence electrons. The van der Waals surface area contributed by atoms with E-state index in [2.05, 4.69) is 10.1 Å². The third-order valence-electron chi connectivity index (χ3n) is 2.52. The predicted octanol–water partition coefficient (Wildman–Crippen LogP) is 1.40. The molecule has 2 heterocycles. The molecule has 0 radical (unpaired) electrons. The van der Waals surface area contributed by atoms with Crippen molar-refractivity contribution in [3.05, 3.63) is 52.8 Å². The molecule has 5 nitrogen and oxygen atoms in total. The lowest BCUT2D eigenvalue weighted by molar-refractivity contribution is 0.477. The third kappa shape index (κ3) is 1.57. The van der Waals surface area contributed by atoms with E-state index in [1.165, 1.54) is 12.1 Å². The standard InChI is InChI=1S/C12H9N3O2/c16-8-5-6-15-11(7-8)13-12(14-15)9-3-1-2-4-10(9)17/h1-7,17H,(H,13,14). The van der Waals surface area contributed by atoms with Crippen molar-refractivity contribution in [2.45, 2.75) is 0 Å². The van der Waals surface area contributed by atoms with E-state index in [0.717, 1.165) is 0 Å². The van der Waals surface area contributed by atoms with Gasteiger partial charge in [0, 0.05) is 18.3 Å². The largest absolute Gasteiger partial charge is 0.507 e. The topological polar surface area (TPSA) is 70.4 Å². The minimum absolute atomic E-state index is 0.0969. The zero-order valence-corrected chi connectivity index (χ0v) is 8.79. The van der Waals surface area contributed by atoms with E-state index in [1.54, 1.807) is 28.9 Å². The van der Waals surface area contributed by atoms with Gasteiger partial charge in [-0.3, -0.25) is 9.89 Å². The van der Waals surface area contributed by atoms with E-state index in [-0.39, 0.29) is 11.2 Å². The molecule has 0 saturated heterocycles. The van der Waals surface area contributed by atoms with Crippen molar-refractivity contribution in [3.8, 4) is 17.1 Å². The van der Waals surface area contributed by atoms with Crippen molar-refractivity contribution < 1.29 is 5.11 Å². The Kier molecular flexibility index (Phi) is 1.98. The summed E-state index contributed by atoms with van der Waals surface area (Å²) in [6.07, 6.45) is 1.61. The van der Waals surface area contributed by atoms with Gasteiger partial charge in [-0.05, 0) is 12.1 Å². The van der Waals surface area contributed by atoms with Gasteiger partial charge in [-0.15, -0.1) is 0 Å². The van der Waals surface area contributed by atoms with Crippen LogP contribution < -0.4 is 5.43 Å². The minimum atomic E-state index is -0.0969. The molecule has 0 amide bonds. The van der Waals surface area contributed by atoms with Crippen LogP contribution in [-0.4, -0.2) is 19.7 Å². The lowest BCUT2D eigenvalue weighted by Gasteiger charge is -1.98. The van der Waals surface area contributed by atoms with Crippen LogP contribution in [-0.2, 0) is 0 Å². The summed E-state index contributed by atoms with van der Waals surface area (Å²) in [7, 11) is 0. The number of H-pyrrole nitrogens is 1. The van der Waals surface area contributed by atoms with Crippen molar-refractivity contribution in [1.29, 1.82) is 0 Å². The Morgan fingerprint density at radius 2 is 2.06 bits per heavy atom. The van der Waals surface area contributed by atoms with Crippen LogP contribution in [0.2, 0.25) is 0 Å². The van der Waals surface area contributed by atoms with E-state index in [4.69, 9.17) is 0 Å². The summed E-state index contributed by atoms with van der Waals surface area (Å²) in [6, 6.07) is 9.77. The lowest BCUT2D eigenvalue weighted by Crippen LogP contribution is -1.98. The summed E-state index contributed by atoms with van der Waals surface area (Å²) in [5.74, 6) is 0.670. The molecule has 2 N–H and O–H groups in total. The fourth-order valence-electron chi connectivity index (χ4n) is 1.70. The van der Waals surface area contributed by atoms with Gasteiger partial charge in [-0.1, -0.05) is 12.1 Å². The van der Waals surface area contributed by atoms with Gasteiger partial charge in [0.1, 0.15) is 5.75 Å². The quantitative estimate of drug-likeness (QED) is 0.660. The number of hydrogen-bond acceptors (Lipinski definition) is 3. The Hall–Kier alpha value is -2.56. The summed E-state index contributed by atoms with van der Waals surface area (Å²) in [5, 5.41) is 12.7. The Morgan fingerprint density at radius 1 is 1.24 bits per heavy atom. The lowest BCUT2D eigenvalue weighted by atomic mass is 10.2. The van der Waals surface area contributed by atoms with Crippen LogP contribution in [0.4, 0.5) is 0 Å². The van der Waals surface area contributed by atoms with Gasteiger partial charge in [0.25, 0.3) is 0 Å². The number of nitrogens with zero attached hydrogens (tertiary/aromatic N) is 2. The maximum atomic E-state index is 11.2. The molecule has 0 aliphatic heterocycles. The van der Waals surface area contributed by atoms with E-state index < -0.39 is 0 Å². The molecule has 0 saturated carbocycles. The smallest absolute Gasteiger partial charge is 0.183 e. The Balaban J connectivity index is 2.25. The first-order chi connectivity index (χ1) is 8.24. The van der Waals surface area contributed by atoms with Crippen LogP contribution in [0.3, 0.4) is 0 Å². The van der Waals surface area contributed by atoms with Crippen LogP contribution in [0.15, 0.2) is 47.4 Å². The van der Waals surface area contributed by atoms with Crippen LogP contribution in [0.5, 0.6) is 5.75 Å². The van der Waals surface area contributed by atoms with Crippen molar-refractivity contribution in [2.75, 3.05) is 0 Å². The normalized spacial score (nSPS) is 10.8. The van der Waals surface area contributed by atoms with Gasteiger partial charge in [-0.2, -0.15) is 0 Å². The minimum Gasteiger partial charge on any atom is -0.507 e. The molecule has 1 aromatic carbocycles. The molecule has 0 aliphatic rings. The number of aromatic amines is 1. The zero-order chi connectivity index (χ0) is 11.8. The third-order valence-corrected chi connectivity index (χ3v) is 2.52. The van der Waals surface area contributed by atoms with Crippen molar-refractivity contribution >= 4 is 5.65 Å². The van der Waals surface area contributed by atoms with E-state index >= 15 is 0 Å². The van der Waals surface area contributed by atoms with Crippen molar-refractivity contribution in [3.63, 3.8) is 0 Å². The first-order valence-electron chi connectivity index (χ1n) is 5.11. The first-order valence-corrected chi connectivity index (χ1v) is 5.11. The number of rotatable bonds is 1. The number of aromatic hydroxyl groups is 1. The van der Waals surface area contributed by atoms with Crippen LogP contribution in [0.1, 0.15) is 0 Å². The molecule has 0 atom stereocenters. The second-order valence-electron chi connectivity index (χ2n) is 3.68. The fourth-order valence-corrected chi connectivity index (χ4v) is 1.70. The van der Waals surface area contributed by atoms with Gasteiger partial charge in [0.05, 0.1) is 5.56 Å². The average Bonchev–Trinajstić information content (AvgIpc) is 2.72. The SMILES string of the molecule is O=c1ccn2[nH]c(-c3ccccc3O)nc2c1. The molecular formula is C12H9N3O2. The summed E-state index contributed by atoms with van der Waals surface area (Å²) in [5.41, 5.74) is 1.03. The van der Waals surface area contributed by atoms with Crippen LogP contribution in [0.25, 0.3) is 17.0 Å². The number of aromatic nitrogens is 3. The molecule has 2 aromatic heterocycles. The number of phenolic OH excluding ortho intramolecular Hbond substituents is 1. The Labute approximate surface area is 96.0 Å². The maximum absolute atomic E-state index is 11.2. The molecule has 0 bridgehead atoms. The summed E-state index contributed by atoms with van der Waals surface area (Å²) >= 11 is 0. The molecule has 0 unspecified atom stereocenters. The molecule has 17 heavy (non-hydrogen) atoms. The fraction of sp³-hybridized carbons (Fsp3) is 0. The second-order valence-corrected chi connectivity index (χ2v) is 3.68. The highest BCUT2D eigenvalue weighted by atomic mass is 16.3. The highest BCUT2D eigenvalue weighted by Crippen LogP contribution is 2.25. The van der Waals surface area contributed by atoms with Crippen molar-refractivity contribution in [1.82, 2.24) is 14.6 Å². The molecule has 3 rings (SSSR count). The number of fused-ring (bicyclic) bond motifs is 1. The predicted molar refractivity (Wildman–Crippen MR) is 62.9 cm³/mol. The molecule has 0 spiro atoms. The van der Waals surface area contributed by atoms with Gasteiger partial charge < -0.3 is 5.11 Å². The number of phenols is 1. The number of pyridine rings is 1. The number of para-hydroxylation sites is 1. The van der Waals surface area contributed by atoms with Gasteiger partial charge in [0.2, 0.25) is 0 Å². The Morgan fingerprint density at radius 3 is 2.88 bits per heavy atom. The maximum Gasteiger partial charge on any atom is 0.183 e. The summed E-state index contributed by atoms with van der Waals surface area (Å²) < 4.78 is 1.63. The zero-order valence-electron chi connectivity index (χ0n) is 8.79. The molecule has 3 aromatic rings. The second kappa shape index (κ2) is 3.48. The van der Waals surface area contributed by atoms with Crippen LogP contribution in [0, 0.1) is 0 Å². The van der Waals surface area contributed by atoms with Crippen molar-refractivity contribution in [2.24, 2.45) is 0 Å². The average molecular weight is 227 g/mol. The van der Waals surface area contributed by atoms with E-state index in [1.807, 2.05) is 6.07 Å². The highest BCUT2D eigenvalue weighted by Gasteiger charge is 2.08. The summed E-state index contributed by atoms with van der Waals surface area (Å²) in [4.78, 5) is 15.4.